The maximum Gasteiger partial charge on any atom is 0.264 e. The molecular weight excluding hydrogens is 538 g/mol. The molecule has 2 amide bonds. The van der Waals surface area contributed by atoms with Gasteiger partial charge in [-0.3, -0.25) is 13.9 Å². The molecule has 1 atom stereocenters. The second-order valence-corrected chi connectivity index (χ2v) is 11.5. The first-order valence-corrected chi connectivity index (χ1v) is 14.5. The molecule has 0 saturated heterocycles. The quantitative estimate of drug-likeness (QED) is 0.334. The van der Waals surface area contributed by atoms with Crippen molar-refractivity contribution >= 4 is 39.1 Å². The second-order valence-electron chi connectivity index (χ2n) is 9.21. The van der Waals surface area contributed by atoms with Crippen molar-refractivity contribution in [2.75, 3.05) is 17.5 Å². The van der Waals surface area contributed by atoms with Crippen molar-refractivity contribution in [2.24, 2.45) is 0 Å². The highest BCUT2D eigenvalue weighted by atomic mass is 35.5. The number of carbonyl (C=O) groups excluding carboxylic acids is 2. The van der Waals surface area contributed by atoms with Crippen LogP contribution in [0.1, 0.15) is 33.3 Å². The highest BCUT2D eigenvalue weighted by Gasteiger charge is 2.33. The fourth-order valence-corrected chi connectivity index (χ4v) is 5.51. The lowest BCUT2D eigenvalue weighted by Gasteiger charge is -2.32. The molecule has 0 aliphatic heterocycles. The van der Waals surface area contributed by atoms with Gasteiger partial charge in [0.15, 0.2) is 0 Å². The SMILES string of the molecule is CCOc1ccccc1N(CC(=O)N(Cc1ccccc1)[C@H](C)C(=O)NC(C)C)S(=O)(=O)c1ccc(Cl)cc1. The van der Waals surface area contributed by atoms with Gasteiger partial charge in [-0.2, -0.15) is 0 Å². The van der Waals surface area contributed by atoms with Gasteiger partial charge in [-0.15, -0.1) is 0 Å². The summed E-state index contributed by atoms with van der Waals surface area (Å²) in [5, 5.41) is 3.22. The Hall–Kier alpha value is -3.56. The zero-order valence-corrected chi connectivity index (χ0v) is 24.1. The lowest BCUT2D eigenvalue weighted by molar-refractivity contribution is -0.139. The Morgan fingerprint density at radius 2 is 1.54 bits per heavy atom. The van der Waals surface area contributed by atoms with E-state index in [2.05, 4.69) is 5.32 Å². The van der Waals surface area contributed by atoms with Crippen LogP contribution in [0.15, 0.2) is 83.8 Å². The summed E-state index contributed by atoms with van der Waals surface area (Å²) >= 11 is 6.00. The third-order valence-electron chi connectivity index (χ3n) is 5.91. The number of para-hydroxylation sites is 2. The van der Waals surface area contributed by atoms with Crippen molar-refractivity contribution in [3.05, 3.63) is 89.4 Å². The molecule has 0 bridgehead atoms. The van der Waals surface area contributed by atoms with E-state index in [1.165, 1.54) is 29.2 Å². The predicted molar refractivity (Wildman–Crippen MR) is 153 cm³/mol. The largest absolute Gasteiger partial charge is 0.492 e. The number of nitrogens with one attached hydrogen (secondary N) is 1. The molecule has 0 spiro atoms. The van der Waals surface area contributed by atoms with Gasteiger partial charge >= 0.3 is 0 Å². The van der Waals surface area contributed by atoms with Crippen molar-refractivity contribution in [2.45, 2.75) is 51.2 Å². The first-order chi connectivity index (χ1) is 18.5. The fraction of sp³-hybridized carbons (Fsp3) is 0.310. The van der Waals surface area contributed by atoms with Crippen molar-refractivity contribution in [1.29, 1.82) is 0 Å². The number of carbonyl (C=O) groups is 2. The van der Waals surface area contributed by atoms with Crippen molar-refractivity contribution in [3.8, 4) is 5.75 Å². The van der Waals surface area contributed by atoms with Gasteiger partial charge < -0.3 is 15.0 Å². The van der Waals surface area contributed by atoms with E-state index in [1.54, 1.807) is 38.1 Å². The maximum atomic E-state index is 13.9. The number of benzene rings is 3. The van der Waals surface area contributed by atoms with Crippen LogP contribution in [0.2, 0.25) is 5.02 Å². The molecule has 8 nitrogen and oxygen atoms in total. The standard InChI is InChI=1S/C29H34ClN3O5S/c1-5-38-27-14-10-9-13-26(27)33(39(36,37)25-17-15-24(30)16-18-25)20-28(34)32(19-23-11-7-6-8-12-23)22(4)29(35)31-21(2)3/h6-18,21-22H,5,19-20H2,1-4H3,(H,31,35)/t22-/m1/s1. The Morgan fingerprint density at radius 3 is 2.15 bits per heavy atom. The molecule has 0 aliphatic carbocycles. The van der Waals surface area contributed by atoms with Crippen LogP contribution in [0.5, 0.6) is 5.75 Å². The highest BCUT2D eigenvalue weighted by molar-refractivity contribution is 7.92. The van der Waals surface area contributed by atoms with Gasteiger partial charge in [-0.25, -0.2) is 8.42 Å². The molecule has 0 fully saturated rings. The first-order valence-electron chi connectivity index (χ1n) is 12.7. The Labute approximate surface area is 235 Å². The smallest absolute Gasteiger partial charge is 0.264 e. The van der Waals surface area contributed by atoms with Crippen molar-refractivity contribution in [3.63, 3.8) is 0 Å². The number of amides is 2. The van der Waals surface area contributed by atoms with Gasteiger partial charge in [0.25, 0.3) is 10.0 Å². The molecule has 3 aromatic carbocycles. The number of hydrogen-bond acceptors (Lipinski definition) is 5. The van der Waals surface area contributed by atoms with Crippen LogP contribution in [0.4, 0.5) is 5.69 Å². The van der Waals surface area contributed by atoms with Crippen molar-refractivity contribution in [1.82, 2.24) is 10.2 Å². The summed E-state index contributed by atoms with van der Waals surface area (Å²) < 4.78 is 34.6. The number of anilines is 1. The number of rotatable bonds is 12. The molecule has 3 rings (SSSR count). The molecule has 1 N–H and O–H groups in total. The number of sulfonamides is 1. The summed E-state index contributed by atoms with van der Waals surface area (Å²) in [6, 6.07) is 20.6. The molecule has 3 aromatic rings. The van der Waals surface area contributed by atoms with Gasteiger partial charge in [0, 0.05) is 17.6 Å². The molecule has 10 heteroatoms. The van der Waals surface area contributed by atoms with Crippen LogP contribution < -0.4 is 14.4 Å². The molecule has 208 valence electrons. The Kier molecular flexibility index (Phi) is 10.4. The van der Waals surface area contributed by atoms with Gasteiger partial charge in [0.05, 0.1) is 17.2 Å². The summed E-state index contributed by atoms with van der Waals surface area (Å²) in [6.07, 6.45) is 0. The van der Waals surface area contributed by atoms with E-state index in [9.17, 15) is 18.0 Å². The Bertz CT molecular complexity index is 1370. The van der Waals surface area contributed by atoms with E-state index in [-0.39, 0.29) is 29.1 Å². The van der Waals surface area contributed by atoms with E-state index in [4.69, 9.17) is 16.3 Å². The third kappa shape index (κ3) is 7.74. The van der Waals surface area contributed by atoms with Crippen LogP contribution in [-0.4, -0.2) is 50.4 Å². The monoisotopic (exact) mass is 571 g/mol. The van der Waals surface area contributed by atoms with Crippen molar-refractivity contribution < 1.29 is 22.7 Å². The lowest BCUT2D eigenvalue weighted by Crippen LogP contribution is -2.52. The third-order valence-corrected chi connectivity index (χ3v) is 7.93. The number of ether oxygens (including phenoxy) is 1. The molecule has 0 aliphatic rings. The van der Waals surface area contributed by atoms with Gasteiger partial charge in [0.1, 0.15) is 18.3 Å². The molecular formula is C29H34ClN3O5S. The summed E-state index contributed by atoms with van der Waals surface area (Å²) in [7, 11) is -4.23. The zero-order chi connectivity index (χ0) is 28.6. The van der Waals surface area contributed by atoms with E-state index in [0.717, 1.165) is 9.87 Å². The van der Waals surface area contributed by atoms with Gasteiger partial charge in [-0.1, -0.05) is 54.1 Å². The summed E-state index contributed by atoms with van der Waals surface area (Å²) in [4.78, 5) is 28.3. The average molecular weight is 572 g/mol. The highest BCUT2D eigenvalue weighted by Crippen LogP contribution is 2.33. The lowest BCUT2D eigenvalue weighted by atomic mass is 10.1. The first kappa shape index (κ1) is 30.0. The van der Waals surface area contributed by atoms with E-state index in [1.807, 2.05) is 44.2 Å². The molecule has 39 heavy (non-hydrogen) atoms. The minimum Gasteiger partial charge on any atom is -0.492 e. The van der Waals surface area contributed by atoms with E-state index in [0.29, 0.717) is 17.4 Å². The molecule has 0 aromatic heterocycles. The number of halogens is 1. The normalized spacial score (nSPS) is 12.1. The van der Waals surface area contributed by atoms with Crippen LogP contribution in [0.3, 0.4) is 0 Å². The average Bonchev–Trinajstić information content (AvgIpc) is 2.91. The maximum absolute atomic E-state index is 13.9. The molecule has 0 unspecified atom stereocenters. The Balaban J connectivity index is 2.07. The molecule has 0 saturated carbocycles. The van der Waals surface area contributed by atoms with Gasteiger partial charge in [-0.05, 0) is 69.7 Å². The fourth-order valence-electron chi connectivity index (χ4n) is 3.96. The van der Waals surface area contributed by atoms with Crippen LogP contribution in [0.25, 0.3) is 0 Å². The van der Waals surface area contributed by atoms with Crippen LogP contribution >= 0.6 is 11.6 Å². The molecule has 0 heterocycles. The number of nitrogens with zero attached hydrogens (tertiary/aromatic N) is 2. The Morgan fingerprint density at radius 1 is 0.923 bits per heavy atom. The minimum absolute atomic E-state index is 0.0359. The van der Waals surface area contributed by atoms with Gasteiger partial charge in [0.2, 0.25) is 11.8 Å². The van der Waals surface area contributed by atoms with Crippen LogP contribution in [0, 0.1) is 0 Å². The summed E-state index contributed by atoms with van der Waals surface area (Å²) in [6.45, 7) is 6.95. The predicted octanol–water partition coefficient (Wildman–Crippen LogP) is 4.88. The topological polar surface area (TPSA) is 96.0 Å². The van der Waals surface area contributed by atoms with E-state index >= 15 is 0 Å². The minimum atomic E-state index is -4.23. The second kappa shape index (κ2) is 13.5. The molecule has 0 radical (unpaired) electrons. The number of hydrogen-bond donors (Lipinski definition) is 1. The zero-order valence-electron chi connectivity index (χ0n) is 22.5. The van der Waals surface area contributed by atoms with E-state index < -0.39 is 28.5 Å². The summed E-state index contributed by atoms with van der Waals surface area (Å²) in [5.41, 5.74) is 1.01. The summed E-state index contributed by atoms with van der Waals surface area (Å²) in [5.74, 6) is -0.573. The van der Waals surface area contributed by atoms with Crippen LogP contribution in [-0.2, 0) is 26.2 Å².